The van der Waals surface area contributed by atoms with Crippen molar-refractivity contribution in [3.8, 4) is 11.3 Å². The molecule has 0 saturated heterocycles. The van der Waals surface area contributed by atoms with E-state index < -0.39 is 5.97 Å². The van der Waals surface area contributed by atoms with Crippen LogP contribution in [0.2, 0.25) is 0 Å². The minimum Gasteiger partial charge on any atom is -0.452 e. The summed E-state index contributed by atoms with van der Waals surface area (Å²) in [6, 6.07) is 12.8. The van der Waals surface area contributed by atoms with Crippen LogP contribution in [0, 0.1) is 5.92 Å². The fraction of sp³-hybridized carbons (Fsp3) is 0.333. The molecule has 0 atom stereocenters. The number of benzene rings is 1. The molecule has 0 spiro atoms. The van der Waals surface area contributed by atoms with Crippen molar-refractivity contribution in [2.45, 2.75) is 32.1 Å². The molecule has 30 heavy (non-hydrogen) atoms. The van der Waals surface area contributed by atoms with E-state index in [9.17, 15) is 9.59 Å². The number of nitrogens with zero attached hydrogens (tertiary/aromatic N) is 2. The Bertz CT molecular complexity index is 1030. The number of aromatic nitrogens is 2. The number of esters is 1. The topological polar surface area (TPSA) is 81.2 Å². The van der Waals surface area contributed by atoms with Crippen LogP contribution in [0.5, 0.6) is 0 Å². The maximum Gasteiger partial charge on any atom is 0.339 e. The van der Waals surface area contributed by atoms with Crippen molar-refractivity contribution in [2.75, 3.05) is 13.2 Å². The van der Waals surface area contributed by atoms with Crippen LogP contribution in [0.1, 0.15) is 42.5 Å². The van der Waals surface area contributed by atoms with Crippen LogP contribution in [0.25, 0.3) is 22.2 Å². The summed E-state index contributed by atoms with van der Waals surface area (Å²) in [6.45, 7) is 0.365. The molecular formula is C24H25N3O3. The van der Waals surface area contributed by atoms with Gasteiger partial charge in [0.1, 0.15) is 0 Å². The number of carbonyl (C=O) groups is 2. The number of nitrogens with one attached hydrogen (secondary N) is 1. The van der Waals surface area contributed by atoms with Gasteiger partial charge in [0, 0.05) is 29.9 Å². The second-order valence-electron chi connectivity index (χ2n) is 7.70. The fourth-order valence-electron chi connectivity index (χ4n) is 3.92. The summed E-state index contributed by atoms with van der Waals surface area (Å²) in [6.07, 6.45) is 9.42. The number of amides is 1. The lowest BCUT2D eigenvalue weighted by molar-refractivity contribution is -0.124. The molecule has 1 N–H and O–H groups in total. The first-order chi connectivity index (χ1) is 14.7. The Morgan fingerprint density at radius 3 is 2.70 bits per heavy atom. The molecule has 1 amide bonds. The molecule has 2 aromatic heterocycles. The highest BCUT2D eigenvalue weighted by molar-refractivity contribution is 6.05. The number of rotatable bonds is 6. The van der Waals surface area contributed by atoms with E-state index in [0.29, 0.717) is 34.6 Å². The van der Waals surface area contributed by atoms with Crippen LogP contribution in [-0.4, -0.2) is 35.0 Å². The minimum atomic E-state index is -0.536. The molecule has 1 fully saturated rings. The first-order valence-corrected chi connectivity index (χ1v) is 10.4. The highest BCUT2D eigenvalue weighted by atomic mass is 16.5. The van der Waals surface area contributed by atoms with Crippen molar-refractivity contribution < 1.29 is 14.3 Å². The molecule has 1 aliphatic carbocycles. The molecule has 2 heterocycles. The second-order valence-corrected chi connectivity index (χ2v) is 7.70. The average Bonchev–Trinajstić information content (AvgIpc) is 2.81. The Labute approximate surface area is 175 Å². The summed E-state index contributed by atoms with van der Waals surface area (Å²) < 4.78 is 5.33. The Morgan fingerprint density at radius 1 is 1.07 bits per heavy atom. The van der Waals surface area contributed by atoms with E-state index in [1.807, 2.05) is 36.4 Å². The minimum absolute atomic E-state index is 0.264. The van der Waals surface area contributed by atoms with Crippen LogP contribution in [0.4, 0.5) is 0 Å². The van der Waals surface area contributed by atoms with Gasteiger partial charge in [-0.2, -0.15) is 0 Å². The molecule has 0 radical (unpaired) electrons. The number of hydrogen-bond acceptors (Lipinski definition) is 5. The third-order valence-electron chi connectivity index (χ3n) is 5.54. The Balaban J connectivity index is 1.46. The lowest BCUT2D eigenvalue weighted by Gasteiger charge is -2.21. The van der Waals surface area contributed by atoms with Gasteiger partial charge in [0.25, 0.3) is 5.91 Å². The normalized spacial score (nSPS) is 14.4. The summed E-state index contributed by atoms with van der Waals surface area (Å²) in [5, 5.41) is 3.59. The van der Waals surface area contributed by atoms with Crippen LogP contribution in [0.3, 0.4) is 0 Å². The molecule has 1 aliphatic rings. The predicted octanol–water partition coefficient (Wildman–Crippen LogP) is 4.15. The summed E-state index contributed by atoms with van der Waals surface area (Å²) in [5.74, 6) is -0.268. The van der Waals surface area contributed by atoms with Crippen molar-refractivity contribution in [1.29, 1.82) is 0 Å². The van der Waals surface area contributed by atoms with Gasteiger partial charge in [-0.05, 0) is 43.0 Å². The van der Waals surface area contributed by atoms with E-state index in [1.54, 1.807) is 18.5 Å². The van der Waals surface area contributed by atoms with Gasteiger partial charge in [0.15, 0.2) is 6.61 Å². The van der Waals surface area contributed by atoms with Gasteiger partial charge in [0.2, 0.25) is 0 Å². The van der Waals surface area contributed by atoms with E-state index in [-0.39, 0.29) is 12.5 Å². The number of ether oxygens (including phenoxy) is 1. The van der Waals surface area contributed by atoms with E-state index in [2.05, 4.69) is 15.3 Å². The number of hydrogen-bond donors (Lipinski definition) is 1. The van der Waals surface area contributed by atoms with Gasteiger partial charge in [0.05, 0.1) is 16.8 Å². The summed E-state index contributed by atoms with van der Waals surface area (Å²) in [7, 11) is 0. The van der Waals surface area contributed by atoms with E-state index in [0.717, 1.165) is 18.4 Å². The van der Waals surface area contributed by atoms with Crippen molar-refractivity contribution in [1.82, 2.24) is 15.3 Å². The average molecular weight is 403 g/mol. The van der Waals surface area contributed by atoms with Gasteiger partial charge in [-0.15, -0.1) is 0 Å². The van der Waals surface area contributed by atoms with E-state index in [1.165, 1.54) is 19.3 Å². The van der Waals surface area contributed by atoms with Crippen molar-refractivity contribution in [3.05, 3.63) is 60.4 Å². The highest BCUT2D eigenvalue weighted by Crippen LogP contribution is 2.25. The molecule has 6 nitrogen and oxygen atoms in total. The maximum absolute atomic E-state index is 12.8. The highest BCUT2D eigenvalue weighted by Gasteiger charge is 2.18. The molecular weight excluding hydrogens is 378 g/mol. The van der Waals surface area contributed by atoms with E-state index in [4.69, 9.17) is 4.74 Å². The van der Waals surface area contributed by atoms with Gasteiger partial charge in [-0.1, -0.05) is 37.5 Å². The number of pyridine rings is 2. The van der Waals surface area contributed by atoms with Crippen molar-refractivity contribution in [2.24, 2.45) is 5.92 Å². The van der Waals surface area contributed by atoms with Gasteiger partial charge >= 0.3 is 5.97 Å². The van der Waals surface area contributed by atoms with Crippen molar-refractivity contribution in [3.63, 3.8) is 0 Å². The van der Waals surface area contributed by atoms with Crippen LogP contribution in [0.15, 0.2) is 54.9 Å². The first-order valence-electron chi connectivity index (χ1n) is 10.4. The summed E-state index contributed by atoms with van der Waals surface area (Å²) in [4.78, 5) is 33.7. The zero-order chi connectivity index (χ0) is 20.8. The lowest BCUT2D eigenvalue weighted by atomic mass is 9.89. The monoisotopic (exact) mass is 403 g/mol. The molecule has 4 rings (SSSR count). The predicted molar refractivity (Wildman–Crippen MR) is 115 cm³/mol. The smallest absolute Gasteiger partial charge is 0.339 e. The Kier molecular flexibility index (Phi) is 6.32. The van der Waals surface area contributed by atoms with Gasteiger partial charge in [-0.25, -0.2) is 9.78 Å². The third-order valence-corrected chi connectivity index (χ3v) is 5.54. The first kappa shape index (κ1) is 20.0. The Morgan fingerprint density at radius 2 is 1.90 bits per heavy atom. The molecule has 154 valence electrons. The van der Waals surface area contributed by atoms with Crippen LogP contribution >= 0.6 is 0 Å². The summed E-state index contributed by atoms with van der Waals surface area (Å²) in [5.41, 5.74) is 2.52. The van der Waals surface area contributed by atoms with Crippen molar-refractivity contribution >= 4 is 22.8 Å². The largest absolute Gasteiger partial charge is 0.452 e. The maximum atomic E-state index is 12.8. The molecule has 1 saturated carbocycles. The number of carbonyl (C=O) groups excluding carboxylic acids is 2. The molecule has 0 aliphatic heterocycles. The summed E-state index contributed by atoms with van der Waals surface area (Å²) >= 11 is 0. The van der Waals surface area contributed by atoms with Crippen LogP contribution < -0.4 is 5.32 Å². The van der Waals surface area contributed by atoms with Gasteiger partial charge < -0.3 is 10.1 Å². The van der Waals surface area contributed by atoms with Crippen LogP contribution in [-0.2, 0) is 9.53 Å². The SMILES string of the molecule is O=C(COC(=O)c1cc(-c2cccnc2)nc2ccccc12)NCC1CCCCC1. The molecule has 0 bridgehead atoms. The zero-order valence-corrected chi connectivity index (χ0v) is 16.8. The molecule has 3 aromatic rings. The Hall–Kier alpha value is -3.28. The third kappa shape index (κ3) is 4.82. The van der Waals surface area contributed by atoms with E-state index >= 15 is 0 Å². The molecule has 0 unspecified atom stereocenters. The standard InChI is InChI=1S/C24H25N3O3/c28-23(26-14-17-7-2-1-3-8-17)16-30-24(29)20-13-22(18-9-6-12-25-15-18)27-21-11-5-4-10-19(20)21/h4-6,9-13,15,17H,1-3,7-8,14,16H2,(H,26,28). The zero-order valence-electron chi connectivity index (χ0n) is 16.8. The quantitative estimate of drug-likeness (QED) is 0.625. The number of fused-ring (bicyclic) bond motifs is 1. The lowest BCUT2D eigenvalue weighted by Crippen LogP contribution is -2.33. The molecule has 6 heteroatoms. The second kappa shape index (κ2) is 9.48. The fourth-order valence-corrected chi connectivity index (χ4v) is 3.92. The molecule has 1 aromatic carbocycles. The number of para-hydroxylation sites is 1. The van der Waals surface area contributed by atoms with Gasteiger partial charge in [-0.3, -0.25) is 9.78 Å².